The summed E-state index contributed by atoms with van der Waals surface area (Å²) in [6.45, 7) is 8.99. The quantitative estimate of drug-likeness (QED) is 0.505. The van der Waals surface area contributed by atoms with Gasteiger partial charge in [0, 0.05) is 48.2 Å². The van der Waals surface area contributed by atoms with E-state index >= 15 is 0 Å². The molecule has 0 unspecified atom stereocenters. The first-order valence-electron chi connectivity index (χ1n) is 10.4. The van der Waals surface area contributed by atoms with Crippen LogP contribution >= 0.6 is 11.9 Å². The Bertz CT molecular complexity index is 1010. The summed E-state index contributed by atoms with van der Waals surface area (Å²) in [4.78, 5) is 9.97. The van der Waals surface area contributed by atoms with Crippen LogP contribution in [0.25, 0.3) is 10.9 Å². The highest BCUT2D eigenvalue weighted by atomic mass is 32.2. The number of aryl methyl sites for hydroxylation is 1. The number of hydrogen-bond donors (Lipinski definition) is 1. The zero-order valence-corrected chi connectivity index (χ0v) is 19.1. The molecule has 1 aliphatic heterocycles. The van der Waals surface area contributed by atoms with E-state index in [1.54, 1.807) is 0 Å². The van der Waals surface area contributed by atoms with E-state index in [9.17, 15) is 0 Å². The van der Waals surface area contributed by atoms with E-state index in [2.05, 4.69) is 70.0 Å². The highest BCUT2D eigenvalue weighted by Crippen LogP contribution is 2.33. The van der Waals surface area contributed by atoms with Gasteiger partial charge in [0.15, 0.2) is 0 Å². The fraction of sp³-hybridized carbons (Fsp3) is 0.435. The Morgan fingerprint density at radius 2 is 1.90 bits per heavy atom. The van der Waals surface area contributed by atoms with Crippen molar-refractivity contribution < 1.29 is 4.79 Å². The van der Waals surface area contributed by atoms with Gasteiger partial charge in [-0.15, -0.1) is 0 Å². The van der Waals surface area contributed by atoms with Gasteiger partial charge in [0.1, 0.15) is 0 Å². The fourth-order valence-corrected chi connectivity index (χ4v) is 4.91. The highest BCUT2D eigenvalue weighted by Gasteiger charge is 2.19. The van der Waals surface area contributed by atoms with Gasteiger partial charge in [-0.25, -0.2) is 4.31 Å². The standard InChI is InChI=1S/C22H28N4S.CH3NO/c1-15-8-10-26(11-9-15)27-22-14-19(25(4)17(22)3)13-18-6-5-7-21-20(18)12-16(2)23-24-21;2-1-3/h5-7,12,14-15H,8-11,13H2,1-4H3;1H,(H2,2,3). The van der Waals surface area contributed by atoms with Gasteiger partial charge in [0.25, 0.3) is 0 Å². The second-order valence-electron chi connectivity index (χ2n) is 8.00. The van der Waals surface area contributed by atoms with Crippen molar-refractivity contribution >= 4 is 29.3 Å². The number of nitrogens with two attached hydrogens (primary N) is 1. The molecular formula is C23H31N5OS. The van der Waals surface area contributed by atoms with Gasteiger partial charge in [-0.1, -0.05) is 19.1 Å². The molecule has 160 valence electrons. The molecule has 0 aliphatic carbocycles. The number of aromatic nitrogens is 3. The van der Waals surface area contributed by atoms with Gasteiger partial charge >= 0.3 is 0 Å². The SMILES string of the molecule is Cc1cc2c(Cc3cc(SN4CCC(C)CC4)c(C)n3C)cccc2nn1.NC=O. The van der Waals surface area contributed by atoms with E-state index in [0.29, 0.717) is 0 Å². The van der Waals surface area contributed by atoms with Crippen molar-refractivity contribution in [1.82, 2.24) is 19.1 Å². The van der Waals surface area contributed by atoms with Gasteiger partial charge in [0.2, 0.25) is 6.41 Å². The van der Waals surface area contributed by atoms with E-state index in [0.717, 1.165) is 23.5 Å². The van der Waals surface area contributed by atoms with E-state index in [1.165, 1.54) is 53.2 Å². The van der Waals surface area contributed by atoms with Crippen LogP contribution in [0.5, 0.6) is 0 Å². The Hall–Kier alpha value is -2.38. The van der Waals surface area contributed by atoms with Gasteiger partial charge < -0.3 is 10.3 Å². The van der Waals surface area contributed by atoms with Crippen LogP contribution in [0.3, 0.4) is 0 Å². The average molecular weight is 426 g/mol. The molecule has 2 aromatic heterocycles. The molecule has 3 heterocycles. The van der Waals surface area contributed by atoms with Crippen molar-refractivity contribution in [3.63, 3.8) is 0 Å². The number of carbonyl (C=O) groups excluding carboxylic acids is 1. The minimum Gasteiger partial charge on any atom is -0.372 e. The van der Waals surface area contributed by atoms with Crippen LogP contribution < -0.4 is 5.73 Å². The smallest absolute Gasteiger partial charge is 0.204 e. The minimum atomic E-state index is 0.250. The van der Waals surface area contributed by atoms with Crippen LogP contribution in [-0.4, -0.2) is 38.6 Å². The average Bonchev–Trinajstić information content (AvgIpc) is 2.98. The number of fused-ring (bicyclic) bond motifs is 1. The zero-order valence-electron chi connectivity index (χ0n) is 18.3. The van der Waals surface area contributed by atoms with E-state index < -0.39 is 0 Å². The molecule has 1 aliphatic rings. The lowest BCUT2D eigenvalue weighted by Crippen LogP contribution is -2.27. The van der Waals surface area contributed by atoms with Gasteiger partial charge in [-0.2, -0.15) is 10.2 Å². The number of nitrogens with zero attached hydrogens (tertiary/aromatic N) is 4. The number of rotatable bonds is 4. The maximum Gasteiger partial charge on any atom is 0.204 e. The lowest BCUT2D eigenvalue weighted by molar-refractivity contribution is -0.106. The van der Waals surface area contributed by atoms with Gasteiger partial charge in [-0.3, -0.25) is 4.79 Å². The van der Waals surface area contributed by atoms with Crippen molar-refractivity contribution in [3.05, 3.63) is 53.0 Å². The summed E-state index contributed by atoms with van der Waals surface area (Å²) >= 11 is 1.93. The van der Waals surface area contributed by atoms with Gasteiger partial charge in [-0.05, 0) is 68.3 Å². The van der Waals surface area contributed by atoms with E-state index in [4.69, 9.17) is 4.79 Å². The maximum absolute atomic E-state index is 8.58. The number of benzene rings is 1. The molecule has 6 nitrogen and oxygen atoms in total. The van der Waals surface area contributed by atoms with Crippen LogP contribution in [0.4, 0.5) is 0 Å². The van der Waals surface area contributed by atoms with Crippen molar-refractivity contribution in [2.45, 2.75) is 44.9 Å². The summed E-state index contributed by atoms with van der Waals surface area (Å²) in [5.41, 5.74) is 10.1. The maximum atomic E-state index is 8.58. The summed E-state index contributed by atoms with van der Waals surface area (Å²) < 4.78 is 4.87. The van der Waals surface area contributed by atoms with Crippen molar-refractivity contribution in [3.8, 4) is 0 Å². The molecule has 4 rings (SSSR count). The molecule has 0 atom stereocenters. The second-order valence-corrected chi connectivity index (χ2v) is 9.13. The molecule has 0 spiro atoms. The van der Waals surface area contributed by atoms with Crippen molar-refractivity contribution in [2.24, 2.45) is 18.7 Å². The summed E-state index contributed by atoms with van der Waals surface area (Å²) in [5, 5.41) is 9.75. The number of piperidine rings is 1. The third-order valence-corrected chi connectivity index (χ3v) is 7.01. The normalized spacial score (nSPS) is 15.1. The predicted octanol–water partition coefficient (Wildman–Crippen LogP) is 4.02. The monoisotopic (exact) mass is 425 g/mol. The van der Waals surface area contributed by atoms with Crippen LogP contribution in [0.15, 0.2) is 35.2 Å². The van der Waals surface area contributed by atoms with Crippen LogP contribution in [0, 0.1) is 19.8 Å². The lowest BCUT2D eigenvalue weighted by atomic mass is 10.0. The molecule has 0 radical (unpaired) electrons. The van der Waals surface area contributed by atoms with E-state index in [1.807, 2.05) is 24.9 Å². The molecule has 0 bridgehead atoms. The summed E-state index contributed by atoms with van der Waals surface area (Å²) in [6.07, 6.45) is 3.78. The molecule has 1 amide bonds. The third kappa shape index (κ3) is 5.21. The second kappa shape index (κ2) is 10.1. The Labute approximate surface area is 183 Å². The van der Waals surface area contributed by atoms with Crippen LogP contribution in [0.2, 0.25) is 0 Å². The number of primary amides is 1. The zero-order chi connectivity index (χ0) is 21.7. The Morgan fingerprint density at radius 3 is 2.60 bits per heavy atom. The predicted molar refractivity (Wildman–Crippen MR) is 123 cm³/mol. The highest BCUT2D eigenvalue weighted by molar-refractivity contribution is 7.97. The Balaban J connectivity index is 0.000000806. The topological polar surface area (TPSA) is 77.0 Å². The number of hydrogen-bond acceptors (Lipinski definition) is 5. The minimum absolute atomic E-state index is 0.250. The first-order chi connectivity index (χ1) is 14.4. The molecule has 1 aromatic carbocycles. The molecule has 3 aromatic rings. The third-order valence-electron chi connectivity index (χ3n) is 5.77. The summed E-state index contributed by atoms with van der Waals surface area (Å²) in [5.74, 6) is 0.868. The van der Waals surface area contributed by atoms with E-state index in [-0.39, 0.29) is 6.41 Å². The van der Waals surface area contributed by atoms with Crippen molar-refractivity contribution in [1.29, 1.82) is 0 Å². The molecule has 0 saturated carbocycles. The molecule has 1 fully saturated rings. The van der Waals surface area contributed by atoms with Crippen LogP contribution in [-0.2, 0) is 18.3 Å². The first kappa shape index (κ1) is 22.3. The Kier molecular flexibility index (Phi) is 7.50. The van der Waals surface area contributed by atoms with Crippen molar-refractivity contribution in [2.75, 3.05) is 13.1 Å². The first-order valence-corrected chi connectivity index (χ1v) is 11.2. The number of amides is 1. The molecular weight excluding hydrogens is 394 g/mol. The molecule has 2 N–H and O–H groups in total. The number of carbonyl (C=O) groups is 1. The van der Waals surface area contributed by atoms with Gasteiger partial charge in [0.05, 0.1) is 11.2 Å². The lowest BCUT2D eigenvalue weighted by Gasteiger charge is -2.28. The molecule has 7 heteroatoms. The molecule has 30 heavy (non-hydrogen) atoms. The van der Waals surface area contributed by atoms with Crippen LogP contribution in [0.1, 0.15) is 42.4 Å². The Morgan fingerprint density at radius 1 is 1.20 bits per heavy atom. The largest absolute Gasteiger partial charge is 0.372 e. The summed E-state index contributed by atoms with van der Waals surface area (Å²) in [6, 6.07) is 10.9. The fourth-order valence-electron chi connectivity index (χ4n) is 3.78. The molecule has 1 saturated heterocycles. The summed E-state index contributed by atoms with van der Waals surface area (Å²) in [7, 11) is 2.18.